The van der Waals surface area contributed by atoms with Crippen LogP contribution >= 0.6 is 11.3 Å². The molecule has 0 fully saturated rings. The van der Waals surface area contributed by atoms with Crippen molar-refractivity contribution in [2.45, 2.75) is 0 Å². The molecular weight excluding hydrogens is 713 g/mol. The van der Waals surface area contributed by atoms with Crippen molar-refractivity contribution in [1.82, 2.24) is 19.1 Å². The fourth-order valence-corrected chi connectivity index (χ4v) is 10.4. The van der Waals surface area contributed by atoms with Gasteiger partial charge in [0, 0.05) is 63.7 Å². The lowest BCUT2D eigenvalue weighted by atomic mass is 10.1. The van der Waals surface area contributed by atoms with Gasteiger partial charge >= 0.3 is 0 Å². The van der Waals surface area contributed by atoms with Gasteiger partial charge in [-0.05, 0) is 70.8 Å². The second-order valence-electron chi connectivity index (χ2n) is 15.0. The van der Waals surface area contributed by atoms with E-state index in [1.165, 1.54) is 69.2 Å². The second kappa shape index (κ2) is 11.6. The topological polar surface area (TPSA) is 35.6 Å². The Hall–Kier alpha value is -7.34. The number of aromatic nitrogens is 4. The molecule has 0 saturated heterocycles. The van der Waals surface area contributed by atoms with Gasteiger partial charge in [0.05, 0.1) is 27.6 Å². The number of fused-ring (bicyclic) bond motifs is 13. The van der Waals surface area contributed by atoms with Crippen molar-refractivity contribution >= 4 is 108 Å². The summed E-state index contributed by atoms with van der Waals surface area (Å²) in [7, 11) is 0. The number of nitrogens with zero attached hydrogens (tertiary/aromatic N) is 4. The van der Waals surface area contributed by atoms with E-state index in [0.29, 0.717) is 5.82 Å². The number of thiophene rings is 1. The summed E-state index contributed by atoms with van der Waals surface area (Å²) in [4.78, 5) is 10.7. The van der Waals surface area contributed by atoms with Crippen LogP contribution in [-0.2, 0) is 0 Å². The summed E-state index contributed by atoms with van der Waals surface area (Å²) < 4.78 is 7.34. The Morgan fingerprint density at radius 1 is 0.351 bits per heavy atom. The van der Waals surface area contributed by atoms with Crippen molar-refractivity contribution < 1.29 is 0 Å². The summed E-state index contributed by atoms with van der Waals surface area (Å²) in [6, 6.07) is 65.9. The van der Waals surface area contributed by atoms with Gasteiger partial charge < -0.3 is 4.57 Å². The standard InChI is InChI=1S/C52H30N4S/c1-2-14-33(15-3-1)51-53-50-36-17-7-6-13-32(36)23-25-39(50)52(54-51)56-45-21-11-9-19-38(45)41-28-43-42-27-40-37-18-8-10-20-44(37)55(35-24-22-31-12-4-5-16-34(31)26-35)46(40)29-48(42)57-49(43)30-47(41)56/h1-30H. The maximum absolute atomic E-state index is 5.41. The Labute approximate surface area is 330 Å². The molecule has 0 bridgehead atoms. The Morgan fingerprint density at radius 3 is 1.67 bits per heavy atom. The van der Waals surface area contributed by atoms with E-state index in [4.69, 9.17) is 9.97 Å². The number of benzene rings is 9. The number of hydrogen-bond acceptors (Lipinski definition) is 3. The van der Waals surface area contributed by atoms with E-state index in [2.05, 4.69) is 185 Å². The maximum atomic E-state index is 5.41. The average molecular weight is 743 g/mol. The van der Waals surface area contributed by atoms with Crippen LogP contribution in [0.1, 0.15) is 0 Å². The molecule has 264 valence electrons. The van der Waals surface area contributed by atoms with E-state index in [1.54, 1.807) is 0 Å². The maximum Gasteiger partial charge on any atom is 0.162 e. The van der Waals surface area contributed by atoms with Gasteiger partial charge in [-0.2, -0.15) is 0 Å². The minimum Gasteiger partial charge on any atom is -0.309 e. The zero-order chi connectivity index (χ0) is 37.2. The fourth-order valence-electron chi connectivity index (χ4n) is 9.26. The molecule has 5 heteroatoms. The van der Waals surface area contributed by atoms with Crippen LogP contribution < -0.4 is 0 Å². The Balaban J connectivity index is 1.11. The first-order chi connectivity index (χ1) is 28.2. The molecule has 0 saturated carbocycles. The largest absolute Gasteiger partial charge is 0.309 e. The molecule has 0 spiro atoms. The summed E-state index contributed by atoms with van der Waals surface area (Å²) in [6.07, 6.45) is 0. The molecule has 4 aromatic heterocycles. The lowest BCUT2D eigenvalue weighted by molar-refractivity contribution is 1.08. The highest BCUT2D eigenvalue weighted by Crippen LogP contribution is 2.44. The van der Waals surface area contributed by atoms with Gasteiger partial charge in [-0.1, -0.05) is 127 Å². The molecule has 13 rings (SSSR count). The van der Waals surface area contributed by atoms with Crippen LogP contribution in [0.15, 0.2) is 182 Å². The summed E-state index contributed by atoms with van der Waals surface area (Å²) >= 11 is 1.87. The van der Waals surface area contributed by atoms with Gasteiger partial charge in [-0.15, -0.1) is 11.3 Å². The van der Waals surface area contributed by atoms with E-state index in [9.17, 15) is 0 Å². The Bertz CT molecular complexity index is 3810. The third-order valence-electron chi connectivity index (χ3n) is 11.9. The predicted octanol–water partition coefficient (Wildman–Crippen LogP) is 14.2. The third kappa shape index (κ3) is 4.43. The zero-order valence-corrected chi connectivity index (χ0v) is 31.3. The first kappa shape index (κ1) is 30.9. The van der Waals surface area contributed by atoms with Crippen LogP contribution in [0.5, 0.6) is 0 Å². The van der Waals surface area contributed by atoms with E-state index in [0.717, 1.165) is 44.1 Å². The van der Waals surface area contributed by atoms with E-state index >= 15 is 0 Å². The smallest absolute Gasteiger partial charge is 0.162 e. The van der Waals surface area contributed by atoms with Crippen LogP contribution in [0, 0.1) is 0 Å². The minimum absolute atomic E-state index is 0.717. The quantitative estimate of drug-likeness (QED) is 0.169. The molecule has 57 heavy (non-hydrogen) atoms. The molecule has 4 nitrogen and oxygen atoms in total. The number of rotatable bonds is 3. The Morgan fingerprint density at radius 2 is 0.930 bits per heavy atom. The molecule has 0 aliphatic rings. The molecule has 0 amide bonds. The third-order valence-corrected chi connectivity index (χ3v) is 13.0. The molecular formula is C52H30N4S. The summed E-state index contributed by atoms with van der Waals surface area (Å²) in [5, 5.41) is 13.3. The van der Waals surface area contributed by atoms with Gasteiger partial charge in [0.1, 0.15) is 5.82 Å². The molecule has 4 heterocycles. The van der Waals surface area contributed by atoms with Crippen LogP contribution in [0.4, 0.5) is 0 Å². The fraction of sp³-hybridized carbons (Fsp3) is 0. The van der Waals surface area contributed by atoms with Gasteiger partial charge in [0.25, 0.3) is 0 Å². The number of para-hydroxylation sites is 2. The monoisotopic (exact) mass is 742 g/mol. The van der Waals surface area contributed by atoms with Crippen molar-refractivity contribution in [2.24, 2.45) is 0 Å². The van der Waals surface area contributed by atoms with Gasteiger partial charge in [0.2, 0.25) is 0 Å². The normalized spacial score (nSPS) is 12.2. The van der Waals surface area contributed by atoms with E-state index < -0.39 is 0 Å². The van der Waals surface area contributed by atoms with Crippen LogP contribution in [0.2, 0.25) is 0 Å². The number of hydrogen-bond donors (Lipinski definition) is 0. The highest BCUT2D eigenvalue weighted by Gasteiger charge is 2.21. The second-order valence-corrected chi connectivity index (χ2v) is 16.1. The van der Waals surface area contributed by atoms with Gasteiger partial charge in [0.15, 0.2) is 5.82 Å². The first-order valence-electron chi connectivity index (χ1n) is 19.3. The highest BCUT2D eigenvalue weighted by molar-refractivity contribution is 7.26. The molecule has 13 aromatic rings. The lowest BCUT2D eigenvalue weighted by Crippen LogP contribution is -2.03. The minimum atomic E-state index is 0.717. The van der Waals surface area contributed by atoms with Crippen molar-refractivity contribution in [3.05, 3.63) is 182 Å². The van der Waals surface area contributed by atoms with E-state index in [-0.39, 0.29) is 0 Å². The van der Waals surface area contributed by atoms with Crippen molar-refractivity contribution in [1.29, 1.82) is 0 Å². The highest BCUT2D eigenvalue weighted by atomic mass is 32.1. The molecule has 0 radical (unpaired) electrons. The van der Waals surface area contributed by atoms with Gasteiger partial charge in [-0.3, -0.25) is 4.57 Å². The van der Waals surface area contributed by atoms with Gasteiger partial charge in [-0.25, -0.2) is 9.97 Å². The molecule has 9 aromatic carbocycles. The summed E-state index contributed by atoms with van der Waals surface area (Å²) in [5.41, 5.74) is 7.82. The van der Waals surface area contributed by atoms with Crippen LogP contribution in [-0.4, -0.2) is 19.1 Å². The Kier molecular flexibility index (Phi) is 6.29. The molecule has 0 atom stereocenters. The molecule has 0 N–H and O–H groups in total. The SMILES string of the molecule is c1ccc(-c2nc(-n3c4ccccc4c4cc5c(cc43)sc3cc4c(cc35)c3ccccc3n4-c3ccc4ccccc4c3)c3ccc4ccccc4c3n2)cc1. The lowest BCUT2D eigenvalue weighted by Gasteiger charge is -2.14. The molecule has 0 aliphatic heterocycles. The van der Waals surface area contributed by atoms with Crippen molar-refractivity contribution in [2.75, 3.05) is 0 Å². The van der Waals surface area contributed by atoms with E-state index in [1.807, 2.05) is 17.4 Å². The zero-order valence-electron chi connectivity index (χ0n) is 30.5. The van der Waals surface area contributed by atoms with Crippen LogP contribution in [0.3, 0.4) is 0 Å². The van der Waals surface area contributed by atoms with Crippen molar-refractivity contribution in [3.63, 3.8) is 0 Å². The predicted molar refractivity (Wildman–Crippen MR) is 242 cm³/mol. The first-order valence-corrected chi connectivity index (χ1v) is 20.1. The molecule has 0 unspecified atom stereocenters. The summed E-state index contributed by atoms with van der Waals surface area (Å²) in [6.45, 7) is 0. The van der Waals surface area contributed by atoms with Crippen molar-refractivity contribution in [3.8, 4) is 22.9 Å². The summed E-state index contributed by atoms with van der Waals surface area (Å²) in [5.74, 6) is 1.60. The molecule has 0 aliphatic carbocycles. The average Bonchev–Trinajstić information content (AvgIpc) is 3.90. The van der Waals surface area contributed by atoms with Crippen LogP contribution in [0.25, 0.3) is 119 Å².